The summed E-state index contributed by atoms with van der Waals surface area (Å²) in [5.74, 6) is 0.747. The van der Waals surface area contributed by atoms with E-state index >= 15 is 0 Å². The first-order chi connectivity index (χ1) is 50.3. The molecule has 6 N–H and O–H groups in total. The van der Waals surface area contributed by atoms with E-state index in [1.165, 1.54) is 35.4 Å². The minimum absolute atomic E-state index is 0.127. The molecule has 10 aromatic rings. The van der Waals surface area contributed by atoms with Gasteiger partial charge in [-0.15, -0.1) is 5.10 Å². The summed E-state index contributed by atoms with van der Waals surface area (Å²) >= 11 is 0. The Morgan fingerprint density at radius 3 is 1.17 bits per heavy atom. The molecule has 0 radical (unpaired) electrons. The topological polar surface area (TPSA) is 168 Å². The quantitative estimate of drug-likeness (QED) is 0.0284. The molecule has 2 saturated heterocycles. The van der Waals surface area contributed by atoms with E-state index in [0.717, 1.165) is 174 Å². The number of anilines is 2. The Balaban J connectivity index is 0.000000155. The molecule has 0 spiro atoms. The van der Waals surface area contributed by atoms with Crippen LogP contribution in [0.2, 0.25) is 0 Å². The fourth-order valence-corrected chi connectivity index (χ4v) is 14.0. The lowest BCUT2D eigenvalue weighted by atomic mass is 9.87. The Morgan fingerprint density at radius 2 is 0.796 bits per heavy atom. The van der Waals surface area contributed by atoms with Crippen molar-refractivity contribution in [3.63, 3.8) is 0 Å². The summed E-state index contributed by atoms with van der Waals surface area (Å²) in [7, 11) is 4.08. The van der Waals surface area contributed by atoms with Gasteiger partial charge in [0.1, 0.15) is 22.9 Å². The van der Waals surface area contributed by atoms with Crippen molar-refractivity contribution in [1.82, 2.24) is 29.7 Å². The van der Waals surface area contributed by atoms with Crippen molar-refractivity contribution in [3.8, 4) is 28.5 Å². The van der Waals surface area contributed by atoms with Crippen LogP contribution in [0.5, 0.6) is 17.2 Å². The summed E-state index contributed by atoms with van der Waals surface area (Å²) in [5.41, 5.74) is 20.9. The molecule has 0 unspecified atom stereocenters. The standard InChI is InChI=1S/C30H34N2O2.C30H36N2O2.C29H32N4O2/c33-21-5-10-29(23-6-2-1-3-7-23)30(25-8-4-9-28(34)22-25)24-11-13-26(14-12-24)31-17-19-32(20-18-31)27-15-16-27;1-23(2)31-17-19-32(20-18-31)27-15-13-25(14-16-27)30(26-10-6-11-28(34)22-26)29(12-7-21-33)24-8-4-3-5-9-24;1-32(2)18-19-33-21-28(30-31-33)23-10-12-24(13-11-23)29(25-14-16-26(35)17-15-25)27(9-6-20-34)22-7-4-3-5-8-22/h1-4,6-9,11-14,22,27,33-34H,5,10,15-21H2;3-6,8-11,13-16,22-23,33-34H,7,12,17-21H2,1-2H3;3-5,7-8,10-17,21,34-35H,6,9,18-20H2,1-2H3/b2*30-29+;29-27+. The van der Waals surface area contributed by atoms with Gasteiger partial charge in [-0.1, -0.05) is 181 Å². The van der Waals surface area contributed by atoms with Gasteiger partial charge in [-0.3, -0.25) is 14.5 Å². The number of aliphatic hydroxyl groups is 3. The van der Waals surface area contributed by atoms with Crippen LogP contribution in [-0.2, 0) is 6.54 Å². The zero-order valence-electron chi connectivity index (χ0n) is 60.4. The molecule has 13 rings (SSSR count). The fourth-order valence-electron chi connectivity index (χ4n) is 14.0. The van der Waals surface area contributed by atoms with Gasteiger partial charge < -0.3 is 45.3 Å². The highest BCUT2D eigenvalue weighted by molar-refractivity contribution is 6.01. The van der Waals surface area contributed by atoms with Crippen LogP contribution in [0.4, 0.5) is 11.4 Å². The van der Waals surface area contributed by atoms with Crippen molar-refractivity contribution in [2.24, 2.45) is 0 Å². The second-order valence-corrected chi connectivity index (χ2v) is 27.5. The third kappa shape index (κ3) is 20.5. The average molecular weight is 1380 g/mol. The summed E-state index contributed by atoms with van der Waals surface area (Å²) < 4.78 is 1.87. The summed E-state index contributed by atoms with van der Waals surface area (Å²) in [4.78, 5) is 12.2. The van der Waals surface area contributed by atoms with Crippen LogP contribution < -0.4 is 9.80 Å². The number of phenols is 3. The van der Waals surface area contributed by atoms with Gasteiger partial charge in [-0.25, -0.2) is 0 Å². The lowest BCUT2D eigenvalue weighted by Crippen LogP contribution is -2.48. The maximum absolute atomic E-state index is 10.2. The number of aromatic hydroxyl groups is 3. The van der Waals surface area contributed by atoms with Crippen LogP contribution in [0, 0.1) is 0 Å². The highest BCUT2D eigenvalue weighted by atomic mass is 16.3. The number of rotatable bonds is 26. The number of nitrogens with zero attached hydrogens (tertiary/aromatic N) is 8. The molecule has 9 aromatic carbocycles. The normalized spacial score (nSPS) is 15.0. The number of aromatic nitrogens is 3. The van der Waals surface area contributed by atoms with Crippen molar-refractivity contribution in [1.29, 1.82) is 0 Å². The van der Waals surface area contributed by atoms with Gasteiger partial charge in [0.25, 0.3) is 0 Å². The number of allylic oxidation sites excluding steroid dienone is 3. The second kappa shape index (κ2) is 37.3. The van der Waals surface area contributed by atoms with Crippen molar-refractivity contribution in [3.05, 3.63) is 293 Å². The first-order valence-corrected chi connectivity index (χ1v) is 36.8. The van der Waals surface area contributed by atoms with Crippen LogP contribution in [0.3, 0.4) is 0 Å². The van der Waals surface area contributed by atoms with Crippen molar-refractivity contribution < 1.29 is 30.6 Å². The molecule has 14 nitrogen and oxygen atoms in total. The predicted molar refractivity (Wildman–Crippen MR) is 423 cm³/mol. The fraction of sp³-hybridized carbons (Fsp3) is 0.303. The van der Waals surface area contributed by atoms with Gasteiger partial charge in [-0.2, -0.15) is 0 Å². The average Bonchev–Trinajstić information content (AvgIpc) is 1.76. The third-order valence-electron chi connectivity index (χ3n) is 19.7. The van der Waals surface area contributed by atoms with E-state index in [1.807, 2.05) is 104 Å². The number of aliphatic hydroxyl groups excluding tert-OH is 3. The number of phenolic OH excluding ortho intramolecular Hbond substituents is 3. The molecular weight excluding hydrogens is 1280 g/mol. The number of hydrogen-bond acceptors (Lipinski definition) is 13. The van der Waals surface area contributed by atoms with E-state index in [4.69, 9.17) is 0 Å². The zero-order chi connectivity index (χ0) is 71.9. The van der Waals surface area contributed by atoms with Crippen LogP contribution in [-0.4, -0.2) is 165 Å². The Kier molecular flexibility index (Phi) is 26.9. The molecule has 1 aromatic heterocycles. The number of piperazine rings is 2. The molecule has 3 fully saturated rings. The van der Waals surface area contributed by atoms with E-state index in [0.29, 0.717) is 25.3 Å². The first-order valence-electron chi connectivity index (χ1n) is 36.8. The van der Waals surface area contributed by atoms with Crippen LogP contribution in [0.1, 0.15) is 115 Å². The van der Waals surface area contributed by atoms with Gasteiger partial charge in [0.2, 0.25) is 0 Å². The minimum Gasteiger partial charge on any atom is -0.508 e. The largest absolute Gasteiger partial charge is 0.508 e. The molecule has 1 saturated carbocycles. The van der Waals surface area contributed by atoms with Crippen LogP contribution in [0.15, 0.2) is 243 Å². The minimum atomic E-state index is 0.127. The lowest BCUT2D eigenvalue weighted by molar-refractivity contribution is 0.209. The summed E-state index contributed by atoms with van der Waals surface area (Å²) in [6.45, 7) is 15.4. The van der Waals surface area contributed by atoms with E-state index in [2.05, 4.69) is 182 Å². The van der Waals surface area contributed by atoms with Crippen LogP contribution in [0.25, 0.3) is 44.7 Å². The van der Waals surface area contributed by atoms with Crippen LogP contribution >= 0.6 is 0 Å². The van der Waals surface area contributed by atoms with Gasteiger partial charge in [-0.05, 0) is 223 Å². The lowest BCUT2D eigenvalue weighted by Gasteiger charge is -2.38. The van der Waals surface area contributed by atoms with Gasteiger partial charge in [0.15, 0.2) is 0 Å². The molecule has 0 amide bonds. The van der Waals surface area contributed by atoms with Gasteiger partial charge in [0, 0.05) is 108 Å². The number of likely N-dealkylation sites (N-methyl/N-ethyl adjacent to an activating group) is 1. The smallest absolute Gasteiger partial charge is 0.116 e. The molecule has 0 atom stereocenters. The maximum Gasteiger partial charge on any atom is 0.116 e. The van der Waals surface area contributed by atoms with Crippen molar-refractivity contribution in [2.45, 2.75) is 83.8 Å². The number of benzene rings is 9. The Labute approximate surface area is 609 Å². The highest BCUT2D eigenvalue weighted by Crippen LogP contribution is 2.41. The molecular formula is C89H102N8O6. The first kappa shape index (κ1) is 74.3. The van der Waals surface area contributed by atoms with E-state index in [9.17, 15) is 30.6 Å². The summed E-state index contributed by atoms with van der Waals surface area (Å²) in [6.07, 6.45) is 9.02. The third-order valence-corrected chi connectivity index (χ3v) is 19.7. The Bertz CT molecular complexity index is 4160. The Hall–Kier alpha value is -9.90. The predicted octanol–water partition coefficient (Wildman–Crippen LogP) is 16.0. The van der Waals surface area contributed by atoms with Crippen molar-refractivity contribution in [2.75, 3.05) is 103 Å². The van der Waals surface area contributed by atoms with E-state index in [1.54, 1.807) is 24.3 Å². The SMILES string of the molecule is CC(C)N1CCN(c2ccc(/C(=C(/CCCO)c3ccccc3)c3cccc(O)c3)cc2)CC1.CN(C)CCn1cc(-c2ccc(/C(=C(/CCCO)c3ccccc3)c3ccc(O)cc3)cc2)nn1.OCCC/C(=C(/c1ccc(N2CCN(C3CC3)CC2)cc1)c1cccc(O)c1)c1ccccc1. The Morgan fingerprint density at radius 1 is 0.417 bits per heavy atom. The van der Waals surface area contributed by atoms with Gasteiger partial charge >= 0.3 is 0 Å². The summed E-state index contributed by atoms with van der Waals surface area (Å²) in [6, 6.07) is 80.9. The zero-order valence-corrected chi connectivity index (χ0v) is 60.4. The molecule has 0 bridgehead atoms. The molecule has 14 heteroatoms. The summed E-state index contributed by atoms with van der Waals surface area (Å²) in [5, 5.41) is 67.7. The maximum atomic E-state index is 10.2. The molecule has 534 valence electrons. The van der Waals surface area contributed by atoms with E-state index < -0.39 is 0 Å². The van der Waals surface area contributed by atoms with Gasteiger partial charge in [0.05, 0.1) is 12.7 Å². The second-order valence-electron chi connectivity index (χ2n) is 27.5. The molecule has 3 heterocycles. The highest BCUT2D eigenvalue weighted by Gasteiger charge is 2.31. The molecule has 1 aliphatic carbocycles. The molecule has 2 aliphatic heterocycles. The van der Waals surface area contributed by atoms with E-state index in [-0.39, 0.29) is 37.1 Å². The molecule has 3 aliphatic rings. The number of hydrogen-bond donors (Lipinski definition) is 6. The van der Waals surface area contributed by atoms with Crippen molar-refractivity contribution >= 4 is 44.8 Å². The monoisotopic (exact) mass is 1380 g/mol. The molecule has 103 heavy (non-hydrogen) atoms.